The Labute approximate surface area is 261 Å². The van der Waals surface area contributed by atoms with Crippen molar-refractivity contribution >= 4 is 30.4 Å². The maximum atomic E-state index is 12.2. The lowest BCUT2D eigenvalue weighted by Gasteiger charge is -2.22. The Morgan fingerprint density at radius 2 is 1.86 bits per heavy atom. The number of hydrogen-bond acceptors (Lipinski definition) is 9. The number of amidine groups is 1. The molecule has 0 amide bonds. The molecule has 0 radical (unpaired) electrons. The number of nitriles is 1. The van der Waals surface area contributed by atoms with Gasteiger partial charge in [-0.15, -0.1) is 0 Å². The summed E-state index contributed by atoms with van der Waals surface area (Å²) in [6.45, 7) is 7.57. The van der Waals surface area contributed by atoms with Gasteiger partial charge in [-0.05, 0) is 57.6 Å². The number of aromatic amines is 1. The molecular formula is C31H52N6O7. The Bertz CT molecular complexity index is 1090. The van der Waals surface area contributed by atoms with Crippen LogP contribution < -0.4 is 11.5 Å². The second-order valence-electron chi connectivity index (χ2n) is 10.9. The maximum absolute atomic E-state index is 12.2. The topological polar surface area (TPSA) is 215 Å². The number of aromatic nitrogens is 1. The highest BCUT2D eigenvalue weighted by molar-refractivity contribution is 6.01. The Hall–Kier alpha value is -3.60. The van der Waals surface area contributed by atoms with E-state index in [1.165, 1.54) is 39.1 Å². The van der Waals surface area contributed by atoms with Crippen LogP contribution in [-0.2, 0) is 34.2 Å². The zero-order valence-electron chi connectivity index (χ0n) is 27.1. The third-order valence-corrected chi connectivity index (χ3v) is 6.73. The van der Waals surface area contributed by atoms with E-state index < -0.39 is 17.2 Å². The predicted molar refractivity (Wildman–Crippen MR) is 169 cm³/mol. The highest BCUT2D eigenvalue weighted by Crippen LogP contribution is 2.38. The highest BCUT2D eigenvalue weighted by Gasteiger charge is 2.44. The van der Waals surface area contributed by atoms with Gasteiger partial charge in [0.15, 0.2) is 17.7 Å². The minimum Gasteiger partial charge on any atom is -0.480 e. The first-order valence-electron chi connectivity index (χ1n) is 15.0. The van der Waals surface area contributed by atoms with Gasteiger partial charge >= 0.3 is 11.9 Å². The Morgan fingerprint density at radius 1 is 1.25 bits per heavy atom. The van der Waals surface area contributed by atoms with E-state index in [0.717, 1.165) is 19.1 Å². The van der Waals surface area contributed by atoms with E-state index in [1.54, 1.807) is 33.0 Å². The number of carbonyl (C=O) groups excluding carboxylic acids is 2. The van der Waals surface area contributed by atoms with Crippen LogP contribution >= 0.6 is 0 Å². The van der Waals surface area contributed by atoms with Crippen LogP contribution in [-0.4, -0.2) is 79.5 Å². The smallest absolute Gasteiger partial charge is 0.317 e. The van der Waals surface area contributed by atoms with E-state index in [-0.39, 0.29) is 25.2 Å². The third kappa shape index (κ3) is 15.2. The number of aldehydes is 1. The second-order valence-corrected chi connectivity index (χ2v) is 10.9. The molecule has 13 heteroatoms. The molecular weight excluding hydrogens is 568 g/mol. The van der Waals surface area contributed by atoms with Gasteiger partial charge in [-0.3, -0.25) is 14.6 Å². The van der Waals surface area contributed by atoms with Gasteiger partial charge in [-0.1, -0.05) is 39.5 Å². The number of nitrogens with one attached hydrogen (secondary N) is 1. The van der Waals surface area contributed by atoms with Crippen LogP contribution in [0.25, 0.3) is 0 Å². The van der Waals surface area contributed by atoms with Gasteiger partial charge in [0.2, 0.25) is 0 Å². The van der Waals surface area contributed by atoms with Crippen molar-refractivity contribution < 1.29 is 33.7 Å². The van der Waals surface area contributed by atoms with Crippen LogP contribution in [0.3, 0.4) is 0 Å². The number of carboxylic acid groups (broad SMARTS) is 1. The van der Waals surface area contributed by atoms with Gasteiger partial charge in [0, 0.05) is 20.6 Å². The van der Waals surface area contributed by atoms with Gasteiger partial charge < -0.3 is 40.6 Å². The Morgan fingerprint density at radius 3 is 2.32 bits per heavy atom. The van der Waals surface area contributed by atoms with Gasteiger partial charge in [-0.2, -0.15) is 5.26 Å². The summed E-state index contributed by atoms with van der Waals surface area (Å²) in [7, 11) is 3.13. The predicted octanol–water partition coefficient (Wildman–Crippen LogP) is 3.85. The van der Waals surface area contributed by atoms with Crippen LogP contribution in [0.1, 0.15) is 96.9 Å². The number of nitrogens with zero attached hydrogens (tertiary/aromatic N) is 3. The SMILES string of the molecule is CCC.CN=C(N=CN)c1ccc(C2(C#N)CCC(COC(=O)CC3CCCCC3)O2)[nH]1.COC(C)(C)C=O.NCC(=O)O. The molecule has 2 aliphatic rings. The number of H-pyrrole nitrogens is 1. The quantitative estimate of drug-likeness (QED) is 0.135. The molecule has 1 aliphatic carbocycles. The van der Waals surface area contributed by atoms with Crippen molar-refractivity contribution in [3.8, 4) is 6.07 Å². The van der Waals surface area contributed by atoms with Crippen LogP contribution in [0.4, 0.5) is 0 Å². The maximum Gasteiger partial charge on any atom is 0.317 e. The van der Waals surface area contributed by atoms with Crippen molar-refractivity contribution in [3.63, 3.8) is 0 Å². The zero-order chi connectivity index (χ0) is 33.6. The van der Waals surface area contributed by atoms with Crippen molar-refractivity contribution in [1.29, 1.82) is 5.26 Å². The molecule has 1 aromatic heterocycles. The van der Waals surface area contributed by atoms with Gasteiger partial charge in [0.05, 0.1) is 30.4 Å². The van der Waals surface area contributed by atoms with Crippen LogP contribution in [0.15, 0.2) is 22.1 Å². The molecule has 13 nitrogen and oxygen atoms in total. The van der Waals surface area contributed by atoms with Crippen LogP contribution in [0.2, 0.25) is 0 Å². The first kappa shape index (κ1) is 40.4. The Balaban J connectivity index is 0.00000102. The molecule has 1 aliphatic heterocycles. The summed E-state index contributed by atoms with van der Waals surface area (Å²) in [6, 6.07) is 5.88. The Kier molecular flexibility index (Phi) is 20.2. The van der Waals surface area contributed by atoms with Crippen LogP contribution in [0, 0.1) is 17.2 Å². The molecule has 248 valence electrons. The van der Waals surface area contributed by atoms with E-state index in [4.69, 9.17) is 25.1 Å². The third-order valence-electron chi connectivity index (χ3n) is 6.73. The number of hydrogen-bond donors (Lipinski definition) is 4. The van der Waals surface area contributed by atoms with E-state index in [1.807, 2.05) is 0 Å². The first-order chi connectivity index (χ1) is 20.9. The summed E-state index contributed by atoms with van der Waals surface area (Å²) in [5.74, 6) is -0.245. The van der Waals surface area contributed by atoms with Gasteiger partial charge in [-0.25, -0.2) is 4.99 Å². The highest BCUT2D eigenvalue weighted by atomic mass is 16.6. The largest absolute Gasteiger partial charge is 0.480 e. The standard InChI is InChI=1S/C21H29N5O3.C5H10O2.C3H8.C2H5NO2/c1-24-20(25-14-23)17-7-8-18(26-17)21(13-22)10-9-16(29-21)12-28-19(27)11-15-5-3-2-4-6-15;1-5(2,4-6)7-3;1-3-2;3-1-2(4)5/h7-8,14-16,26H,2-6,9-12H2,1H3,(H2,23,24,25);4H,1-3H3;3H2,1-2H3;1,3H2,(H,4,5). The van der Waals surface area contributed by atoms with Crippen molar-refractivity contribution in [2.24, 2.45) is 27.4 Å². The molecule has 2 unspecified atom stereocenters. The molecule has 1 aromatic rings. The number of carbonyl (C=O) groups is 3. The summed E-state index contributed by atoms with van der Waals surface area (Å²) < 4.78 is 16.2. The molecule has 0 spiro atoms. The number of aliphatic imine (C=N–C) groups is 2. The zero-order valence-corrected chi connectivity index (χ0v) is 27.1. The van der Waals surface area contributed by atoms with Crippen molar-refractivity contribution in [3.05, 3.63) is 23.5 Å². The fourth-order valence-electron chi connectivity index (χ4n) is 4.22. The summed E-state index contributed by atoms with van der Waals surface area (Å²) in [5, 5.41) is 17.4. The lowest BCUT2D eigenvalue weighted by atomic mass is 9.87. The van der Waals surface area contributed by atoms with E-state index in [2.05, 4.69) is 40.6 Å². The fourth-order valence-corrected chi connectivity index (χ4v) is 4.22. The van der Waals surface area contributed by atoms with Crippen LogP contribution in [0.5, 0.6) is 0 Å². The number of nitrogens with two attached hydrogens (primary N) is 2. The summed E-state index contributed by atoms with van der Waals surface area (Å²) >= 11 is 0. The van der Waals surface area contributed by atoms with E-state index in [0.29, 0.717) is 42.4 Å². The lowest BCUT2D eigenvalue weighted by molar-refractivity contribution is -0.150. The number of methoxy groups -OCH3 is 1. The van der Waals surface area contributed by atoms with Crippen molar-refractivity contribution in [2.75, 3.05) is 27.3 Å². The molecule has 2 atom stereocenters. The molecule has 1 saturated heterocycles. The molecule has 6 N–H and O–H groups in total. The minimum atomic E-state index is -1.09. The normalized spacial score (nSPS) is 20.1. The van der Waals surface area contributed by atoms with Gasteiger partial charge in [0.1, 0.15) is 18.3 Å². The molecule has 2 heterocycles. The minimum absolute atomic E-state index is 0.166. The average Bonchev–Trinajstić information content (AvgIpc) is 3.69. The van der Waals surface area contributed by atoms with Crippen molar-refractivity contribution in [1.82, 2.24) is 4.98 Å². The fraction of sp³-hybridized carbons (Fsp3) is 0.677. The number of aliphatic carboxylic acids is 1. The lowest BCUT2D eigenvalue weighted by Crippen LogP contribution is -2.27. The molecule has 0 bridgehead atoms. The van der Waals surface area contributed by atoms with E-state index in [9.17, 15) is 19.6 Å². The van der Waals surface area contributed by atoms with Gasteiger partial charge in [0.25, 0.3) is 0 Å². The summed E-state index contributed by atoms with van der Waals surface area (Å²) in [4.78, 5) is 42.6. The number of carboxylic acids is 1. The van der Waals surface area contributed by atoms with E-state index >= 15 is 0 Å². The summed E-state index contributed by atoms with van der Waals surface area (Å²) in [5.41, 5.74) is 9.53. The molecule has 1 saturated carbocycles. The van der Waals surface area contributed by atoms with Crippen molar-refractivity contribution in [2.45, 2.75) is 103 Å². The molecule has 3 rings (SSSR count). The molecule has 0 aromatic carbocycles. The molecule has 44 heavy (non-hydrogen) atoms. The molecule has 2 fully saturated rings. The average molecular weight is 621 g/mol. The monoisotopic (exact) mass is 620 g/mol. The first-order valence-corrected chi connectivity index (χ1v) is 15.0. The number of ether oxygens (including phenoxy) is 3. The summed E-state index contributed by atoms with van der Waals surface area (Å²) in [6.07, 6.45) is 10.4. The number of esters is 1. The second kappa shape index (κ2) is 22.0. The number of rotatable bonds is 9.